The molecule has 6 heteroatoms. The molecule has 3 nitrogen and oxygen atoms in total. The van der Waals surface area contributed by atoms with Crippen LogP contribution in [0.1, 0.15) is 6.42 Å². The van der Waals surface area contributed by atoms with Crippen molar-refractivity contribution in [3.05, 3.63) is 26.9 Å². The molecule has 0 saturated heterocycles. The van der Waals surface area contributed by atoms with Crippen molar-refractivity contribution in [2.24, 2.45) is 0 Å². The largest absolute Gasteiger partial charge is 0.323 e. The van der Waals surface area contributed by atoms with Crippen molar-refractivity contribution in [2.45, 2.75) is 6.42 Å². The molecule has 0 aliphatic heterocycles. The molecule has 0 saturated carbocycles. The Morgan fingerprint density at radius 1 is 1.47 bits per heavy atom. The summed E-state index contributed by atoms with van der Waals surface area (Å²) < 4.78 is 14.5. The molecule has 1 rings (SSSR count). The Kier molecular flexibility index (Phi) is 4.24. The van der Waals surface area contributed by atoms with Crippen molar-refractivity contribution in [3.8, 4) is 6.07 Å². The summed E-state index contributed by atoms with van der Waals surface area (Å²) in [7, 11) is 0. The second kappa shape index (κ2) is 5.24. The third kappa shape index (κ3) is 3.29. The number of nitrogens with one attached hydrogen (secondary N) is 1. The van der Waals surface area contributed by atoms with Crippen LogP contribution in [-0.4, -0.2) is 5.91 Å². The van der Waals surface area contributed by atoms with Gasteiger partial charge in [0.25, 0.3) is 0 Å². The van der Waals surface area contributed by atoms with Crippen LogP contribution >= 0.6 is 31.9 Å². The predicted molar refractivity (Wildman–Crippen MR) is 60.7 cm³/mol. The number of benzene rings is 1. The van der Waals surface area contributed by atoms with Gasteiger partial charge in [-0.1, -0.05) is 0 Å². The van der Waals surface area contributed by atoms with Gasteiger partial charge < -0.3 is 5.32 Å². The lowest BCUT2D eigenvalue weighted by molar-refractivity contribution is -0.115. The minimum atomic E-state index is -0.559. The van der Waals surface area contributed by atoms with Gasteiger partial charge in [0.05, 0.1) is 11.8 Å². The van der Waals surface area contributed by atoms with E-state index in [0.29, 0.717) is 8.95 Å². The van der Waals surface area contributed by atoms with Crippen LogP contribution in [-0.2, 0) is 4.79 Å². The quantitative estimate of drug-likeness (QED) is 0.844. The topological polar surface area (TPSA) is 52.9 Å². The number of hydrogen-bond acceptors (Lipinski definition) is 2. The minimum Gasteiger partial charge on any atom is -0.323 e. The van der Waals surface area contributed by atoms with Gasteiger partial charge in [0.2, 0.25) is 5.91 Å². The van der Waals surface area contributed by atoms with E-state index in [2.05, 4.69) is 37.2 Å². The highest BCUT2D eigenvalue weighted by atomic mass is 79.9. The van der Waals surface area contributed by atoms with Crippen molar-refractivity contribution >= 4 is 43.5 Å². The summed E-state index contributed by atoms with van der Waals surface area (Å²) in [4.78, 5) is 11.0. The summed E-state index contributed by atoms with van der Waals surface area (Å²) in [5.41, 5.74) is 0.0466. The van der Waals surface area contributed by atoms with Gasteiger partial charge in [-0.2, -0.15) is 5.26 Å². The summed E-state index contributed by atoms with van der Waals surface area (Å²) in [6.45, 7) is 0. The smallest absolute Gasteiger partial charge is 0.238 e. The van der Waals surface area contributed by atoms with Gasteiger partial charge in [-0.3, -0.25) is 4.79 Å². The molecule has 1 N–H and O–H groups in total. The van der Waals surface area contributed by atoms with Crippen LogP contribution in [0, 0.1) is 17.1 Å². The monoisotopic (exact) mass is 334 g/mol. The molecule has 0 aliphatic rings. The van der Waals surface area contributed by atoms with Crippen molar-refractivity contribution in [2.75, 3.05) is 5.32 Å². The third-order valence-electron chi connectivity index (χ3n) is 1.52. The number of nitrogens with zero attached hydrogens (tertiary/aromatic N) is 1. The molecule has 0 atom stereocenters. The van der Waals surface area contributed by atoms with Crippen LogP contribution in [0.5, 0.6) is 0 Å². The van der Waals surface area contributed by atoms with Gasteiger partial charge in [0, 0.05) is 8.95 Å². The Balaban J connectivity index is 2.92. The first-order valence-electron chi connectivity index (χ1n) is 3.86. The van der Waals surface area contributed by atoms with E-state index in [0.717, 1.165) is 0 Å². The molecule has 0 spiro atoms. The molecule has 1 aromatic carbocycles. The number of halogens is 3. The lowest BCUT2D eigenvalue weighted by Gasteiger charge is -2.06. The summed E-state index contributed by atoms with van der Waals surface area (Å²) in [5.74, 6) is -1.10. The zero-order chi connectivity index (χ0) is 11.4. The zero-order valence-electron chi connectivity index (χ0n) is 7.35. The van der Waals surface area contributed by atoms with Gasteiger partial charge in [-0.05, 0) is 44.0 Å². The molecule has 0 unspecified atom stereocenters. The molecule has 0 bridgehead atoms. The maximum Gasteiger partial charge on any atom is 0.238 e. The minimum absolute atomic E-state index is 0.0466. The number of amides is 1. The Labute approximate surface area is 103 Å². The number of carbonyl (C=O) groups excluding carboxylic acids is 1. The zero-order valence-corrected chi connectivity index (χ0v) is 10.5. The second-order valence-corrected chi connectivity index (χ2v) is 4.34. The summed E-state index contributed by atoms with van der Waals surface area (Å²) in [6, 6.07) is 4.33. The average Bonchev–Trinajstić information content (AvgIpc) is 2.14. The van der Waals surface area contributed by atoms with Crippen LogP contribution in [0.3, 0.4) is 0 Å². The SMILES string of the molecule is N#CCC(=O)Nc1cc(Br)c(Br)cc1F. The molecule has 0 aliphatic carbocycles. The van der Waals surface area contributed by atoms with E-state index in [-0.39, 0.29) is 12.1 Å². The maximum atomic E-state index is 13.3. The summed E-state index contributed by atoms with van der Waals surface area (Å²) in [6.07, 6.45) is -0.298. The predicted octanol–water partition coefficient (Wildman–Crippen LogP) is 3.20. The lowest BCUT2D eigenvalue weighted by atomic mass is 10.3. The third-order valence-corrected chi connectivity index (χ3v) is 3.37. The van der Waals surface area contributed by atoms with E-state index in [1.54, 1.807) is 6.07 Å². The molecule has 15 heavy (non-hydrogen) atoms. The summed E-state index contributed by atoms with van der Waals surface area (Å²) in [5, 5.41) is 10.6. The molecular weight excluding hydrogens is 331 g/mol. The molecule has 1 aromatic rings. The van der Waals surface area contributed by atoms with E-state index in [1.165, 1.54) is 12.1 Å². The number of carbonyl (C=O) groups is 1. The van der Waals surface area contributed by atoms with Crippen molar-refractivity contribution in [3.63, 3.8) is 0 Å². The fourth-order valence-electron chi connectivity index (χ4n) is 0.885. The number of anilines is 1. The van der Waals surface area contributed by atoms with Gasteiger partial charge >= 0.3 is 0 Å². The highest BCUT2D eigenvalue weighted by Crippen LogP contribution is 2.28. The van der Waals surface area contributed by atoms with Crippen LogP contribution in [0.4, 0.5) is 10.1 Å². The van der Waals surface area contributed by atoms with Crippen molar-refractivity contribution in [1.82, 2.24) is 0 Å². The van der Waals surface area contributed by atoms with Gasteiger partial charge in [-0.15, -0.1) is 0 Å². The molecule has 0 radical (unpaired) electrons. The van der Waals surface area contributed by atoms with Gasteiger partial charge in [0.15, 0.2) is 0 Å². The molecular formula is C9H5Br2FN2O. The van der Waals surface area contributed by atoms with E-state index in [4.69, 9.17) is 5.26 Å². The number of rotatable bonds is 2. The van der Waals surface area contributed by atoms with E-state index >= 15 is 0 Å². The van der Waals surface area contributed by atoms with Crippen molar-refractivity contribution in [1.29, 1.82) is 5.26 Å². The first-order valence-corrected chi connectivity index (χ1v) is 5.44. The Morgan fingerprint density at radius 3 is 2.67 bits per heavy atom. The average molecular weight is 336 g/mol. The van der Waals surface area contributed by atoms with E-state index in [1.807, 2.05) is 0 Å². The second-order valence-electron chi connectivity index (χ2n) is 2.63. The van der Waals surface area contributed by atoms with Crippen LogP contribution < -0.4 is 5.32 Å². The Hall–Kier alpha value is -0.930. The highest BCUT2D eigenvalue weighted by Gasteiger charge is 2.09. The first kappa shape index (κ1) is 12.1. The van der Waals surface area contributed by atoms with Crippen LogP contribution in [0.25, 0.3) is 0 Å². The Morgan fingerprint density at radius 2 is 2.07 bits per heavy atom. The molecule has 1 amide bonds. The van der Waals surface area contributed by atoms with E-state index < -0.39 is 11.7 Å². The standard InChI is InChI=1S/C9H5Br2FN2O/c10-5-3-7(12)8(4-6(5)11)14-9(15)1-2-13/h3-4H,1H2,(H,14,15). The van der Waals surface area contributed by atoms with Crippen molar-refractivity contribution < 1.29 is 9.18 Å². The van der Waals surface area contributed by atoms with Crippen LogP contribution in [0.2, 0.25) is 0 Å². The normalized spacial score (nSPS) is 9.47. The molecule has 0 fully saturated rings. The first-order chi connectivity index (χ1) is 7.04. The summed E-state index contributed by atoms with van der Waals surface area (Å²) >= 11 is 6.30. The number of hydrogen-bond donors (Lipinski definition) is 1. The fraction of sp³-hybridized carbons (Fsp3) is 0.111. The maximum absolute atomic E-state index is 13.3. The molecule has 0 heterocycles. The van der Waals surface area contributed by atoms with E-state index in [9.17, 15) is 9.18 Å². The number of nitriles is 1. The molecule has 78 valence electrons. The lowest BCUT2D eigenvalue weighted by Crippen LogP contribution is -2.11. The van der Waals surface area contributed by atoms with Gasteiger partial charge in [-0.25, -0.2) is 4.39 Å². The van der Waals surface area contributed by atoms with Crippen LogP contribution in [0.15, 0.2) is 21.1 Å². The fourth-order valence-corrected chi connectivity index (χ4v) is 1.54. The van der Waals surface area contributed by atoms with Gasteiger partial charge in [0.1, 0.15) is 12.2 Å². The molecule has 0 aromatic heterocycles. The highest BCUT2D eigenvalue weighted by molar-refractivity contribution is 9.13. The Bertz CT molecular complexity index is 442.